The van der Waals surface area contributed by atoms with E-state index in [1.165, 1.54) is 12.1 Å². The number of anilines is 2. The number of para-hydroxylation sites is 2. The number of amides is 1. The fraction of sp³-hybridized carbons (Fsp3) is 0.0952. The number of halogens is 1. The molecule has 2 N–H and O–H groups in total. The molecule has 3 rings (SSSR count). The maximum Gasteiger partial charge on any atom is 0.261 e. The number of hydrogen-bond donors (Lipinski definition) is 2. The van der Waals surface area contributed by atoms with Crippen LogP contribution in [0, 0.1) is 12.7 Å². The molecule has 0 heterocycles. The molecule has 0 spiro atoms. The number of hydrogen-bond acceptors (Lipinski definition) is 3. The van der Waals surface area contributed by atoms with Gasteiger partial charge in [0.1, 0.15) is 5.82 Å². The van der Waals surface area contributed by atoms with Gasteiger partial charge in [-0.05, 0) is 48.9 Å². The molecule has 3 aromatic carbocycles. The van der Waals surface area contributed by atoms with Crippen LogP contribution >= 0.6 is 0 Å². The Kier molecular flexibility index (Phi) is 5.75. The molecule has 0 fully saturated rings. The van der Waals surface area contributed by atoms with Crippen molar-refractivity contribution in [3.63, 3.8) is 0 Å². The van der Waals surface area contributed by atoms with E-state index in [1.807, 2.05) is 31.2 Å². The number of aryl methyl sites for hydroxylation is 1. The van der Waals surface area contributed by atoms with Gasteiger partial charge >= 0.3 is 0 Å². The first-order valence-corrected chi connectivity index (χ1v) is 10.0. The van der Waals surface area contributed by atoms with Crippen molar-refractivity contribution in [2.24, 2.45) is 0 Å². The van der Waals surface area contributed by atoms with Gasteiger partial charge in [-0.25, -0.2) is 12.8 Å². The van der Waals surface area contributed by atoms with Gasteiger partial charge < -0.3 is 5.32 Å². The molecule has 0 bridgehead atoms. The van der Waals surface area contributed by atoms with Crippen LogP contribution in [0.15, 0.2) is 77.7 Å². The molecule has 0 aliphatic rings. The Balaban J connectivity index is 1.76. The Morgan fingerprint density at radius 3 is 2.14 bits per heavy atom. The summed E-state index contributed by atoms with van der Waals surface area (Å²) in [6.07, 6.45) is 0.166. The lowest BCUT2D eigenvalue weighted by molar-refractivity contribution is -0.115. The molecule has 0 radical (unpaired) electrons. The summed E-state index contributed by atoms with van der Waals surface area (Å²) < 4.78 is 40.5. The number of carbonyl (C=O) groups excluding carboxylic acids is 1. The second kappa shape index (κ2) is 8.22. The minimum Gasteiger partial charge on any atom is -0.324 e. The van der Waals surface area contributed by atoms with E-state index in [0.29, 0.717) is 5.69 Å². The Labute approximate surface area is 163 Å². The lowest BCUT2D eigenvalue weighted by atomic mass is 10.1. The molecule has 0 atom stereocenters. The highest BCUT2D eigenvalue weighted by atomic mass is 32.2. The molecular formula is C21H19FN2O3S. The third-order valence-electron chi connectivity index (χ3n) is 4.05. The first-order chi connectivity index (χ1) is 13.3. The van der Waals surface area contributed by atoms with Crippen LogP contribution in [0.3, 0.4) is 0 Å². The summed E-state index contributed by atoms with van der Waals surface area (Å²) in [6.45, 7) is 1.97. The number of carbonyl (C=O) groups is 1. The predicted molar refractivity (Wildman–Crippen MR) is 107 cm³/mol. The molecule has 144 valence electrons. The summed E-state index contributed by atoms with van der Waals surface area (Å²) in [4.78, 5) is 12.3. The molecular weight excluding hydrogens is 379 g/mol. The van der Waals surface area contributed by atoms with Crippen LogP contribution in [0.5, 0.6) is 0 Å². The maximum absolute atomic E-state index is 13.0. The third kappa shape index (κ3) is 4.95. The van der Waals surface area contributed by atoms with E-state index in [9.17, 15) is 17.6 Å². The second-order valence-electron chi connectivity index (χ2n) is 6.32. The zero-order valence-corrected chi connectivity index (χ0v) is 16.0. The largest absolute Gasteiger partial charge is 0.324 e. The van der Waals surface area contributed by atoms with Crippen LogP contribution in [-0.4, -0.2) is 14.3 Å². The average molecular weight is 398 g/mol. The molecule has 0 saturated heterocycles. The lowest BCUT2D eigenvalue weighted by Gasteiger charge is -2.13. The van der Waals surface area contributed by atoms with E-state index in [1.54, 1.807) is 24.3 Å². The Morgan fingerprint density at radius 1 is 0.893 bits per heavy atom. The van der Waals surface area contributed by atoms with Crippen molar-refractivity contribution in [3.8, 4) is 0 Å². The summed E-state index contributed by atoms with van der Waals surface area (Å²) in [6, 6.07) is 18.6. The van der Waals surface area contributed by atoms with Crippen molar-refractivity contribution in [2.75, 3.05) is 10.0 Å². The van der Waals surface area contributed by atoms with Crippen LogP contribution in [0.25, 0.3) is 0 Å². The lowest BCUT2D eigenvalue weighted by Crippen LogP contribution is -2.18. The molecule has 3 aromatic rings. The first-order valence-electron chi connectivity index (χ1n) is 8.56. The number of nitrogens with one attached hydrogen (secondary N) is 2. The highest BCUT2D eigenvalue weighted by Gasteiger charge is 2.17. The van der Waals surface area contributed by atoms with Gasteiger partial charge in [0.25, 0.3) is 10.0 Å². The summed E-state index contributed by atoms with van der Waals surface area (Å²) in [5.41, 5.74) is 2.52. The van der Waals surface area contributed by atoms with Crippen molar-refractivity contribution in [2.45, 2.75) is 18.2 Å². The minimum atomic E-state index is -3.92. The van der Waals surface area contributed by atoms with Crippen molar-refractivity contribution < 1.29 is 17.6 Å². The van der Waals surface area contributed by atoms with Gasteiger partial charge in [0, 0.05) is 0 Å². The molecule has 0 aromatic heterocycles. The van der Waals surface area contributed by atoms with Gasteiger partial charge in [0.2, 0.25) is 5.91 Å². The van der Waals surface area contributed by atoms with Crippen molar-refractivity contribution >= 4 is 27.3 Å². The Bertz CT molecular complexity index is 1080. The zero-order valence-electron chi connectivity index (χ0n) is 15.1. The Hall–Kier alpha value is -3.19. The maximum atomic E-state index is 13.0. The SMILES string of the molecule is Cc1ccc(CC(=O)Nc2ccccc2NS(=O)(=O)c2ccc(F)cc2)cc1. The first kappa shape index (κ1) is 19.6. The fourth-order valence-electron chi connectivity index (χ4n) is 2.58. The van der Waals surface area contributed by atoms with E-state index in [2.05, 4.69) is 10.0 Å². The van der Waals surface area contributed by atoms with E-state index >= 15 is 0 Å². The molecule has 1 amide bonds. The number of rotatable bonds is 6. The smallest absolute Gasteiger partial charge is 0.261 e. The van der Waals surface area contributed by atoms with Gasteiger partial charge in [0.15, 0.2) is 0 Å². The number of sulfonamides is 1. The quantitative estimate of drug-likeness (QED) is 0.656. The monoisotopic (exact) mass is 398 g/mol. The van der Waals surface area contributed by atoms with Gasteiger partial charge in [0.05, 0.1) is 22.7 Å². The van der Waals surface area contributed by atoms with Gasteiger partial charge in [-0.3, -0.25) is 9.52 Å². The molecule has 0 aliphatic carbocycles. The molecule has 0 unspecified atom stereocenters. The van der Waals surface area contributed by atoms with Crippen LogP contribution in [0.1, 0.15) is 11.1 Å². The summed E-state index contributed by atoms with van der Waals surface area (Å²) in [7, 11) is -3.92. The highest BCUT2D eigenvalue weighted by Crippen LogP contribution is 2.25. The molecule has 5 nitrogen and oxygen atoms in total. The van der Waals surface area contributed by atoms with Crippen LogP contribution < -0.4 is 10.0 Å². The van der Waals surface area contributed by atoms with E-state index in [0.717, 1.165) is 23.3 Å². The second-order valence-corrected chi connectivity index (χ2v) is 8.00. The standard InChI is InChI=1S/C21H19FN2O3S/c1-15-6-8-16(9-7-15)14-21(25)23-19-4-2-3-5-20(19)24-28(26,27)18-12-10-17(22)11-13-18/h2-13,24H,14H2,1H3,(H,23,25). The molecule has 28 heavy (non-hydrogen) atoms. The third-order valence-corrected chi connectivity index (χ3v) is 5.44. The van der Waals surface area contributed by atoms with E-state index in [4.69, 9.17) is 0 Å². The molecule has 7 heteroatoms. The van der Waals surface area contributed by atoms with Gasteiger partial charge in [-0.1, -0.05) is 42.0 Å². The minimum absolute atomic E-state index is 0.0744. The van der Waals surface area contributed by atoms with Gasteiger partial charge in [-0.15, -0.1) is 0 Å². The van der Waals surface area contributed by atoms with Crippen molar-refractivity contribution in [3.05, 3.63) is 89.7 Å². The fourth-order valence-corrected chi connectivity index (χ4v) is 3.66. The summed E-state index contributed by atoms with van der Waals surface area (Å²) >= 11 is 0. The highest BCUT2D eigenvalue weighted by molar-refractivity contribution is 7.92. The summed E-state index contributed by atoms with van der Waals surface area (Å²) in [5, 5.41) is 2.73. The van der Waals surface area contributed by atoms with Crippen LogP contribution in [0.4, 0.5) is 15.8 Å². The molecule has 0 saturated carbocycles. The average Bonchev–Trinajstić information content (AvgIpc) is 2.65. The van der Waals surface area contributed by atoms with E-state index < -0.39 is 15.8 Å². The topological polar surface area (TPSA) is 75.3 Å². The van der Waals surface area contributed by atoms with Crippen LogP contribution in [0.2, 0.25) is 0 Å². The predicted octanol–water partition coefficient (Wildman–Crippen LogP) is 4.12. The summed E-state index contributed by atoms with van der Waals surface area (Å²) in [5.74, 6) is -0.792. The van der Waals surface area contributed by atoms with E-state index in [-0.39, 0.29) is 22.9 Å². The normalized spacial score (nSPS) is 11.1. The van der Waals surface area contributed by atoms with Crippen LogP contribution in [-0.2, 0) is 21.2 Å². The zero-order chi connectivity index (χ0) is 20.1. The number of benzene rings is 3. The van der Waals surface area contributed by atoms with Gasteiger partial charge in [-0.2, -0.15) is 0 Å². The van der Waals surface area contributed by atoms with Crippen molar-refractivity contribution in [1.82, 2.24) is 0 Å². The Morgan fingerprint density at radius 2 is 1.50 bits per heavy atom. The molecule has 0 aliphatic heterocycles. The van der Waals surface area contributed by atoms with Crippen molar-refractivity contribution in [1.29, 1.82) is 0 Å².